The maximum absolute atomic E-state index is 9.55. The van der Waals surface area contributed by atoms with E-state index >= 15 is 0 Å². The van der Waals surface area contributed by atoms with Crippen LogP contribution in [0.3, 0.4) is 0 Å². The number of hydrogen-bond donors (Lipinski definition) is 0. The fourth-order valence-corrected chi connectivity index (χ4v) is 0.835. The highest BCUT2D eigenvalue weighted by molar-refractivity contribution is 9.29. The third-order valence-corrected chi connectivity index (χ3v) is 3.50. The lowest BCUT2D eigenvalue weighted by Gasteiger charge is -1.96. The molecule has 0 aromatic carbocycles. The molecular weight excluding hydrogens is 332 g/mol. The third kappa shape index (κ3) is 5.44. The first-order valence-electron chi connectivity index (χ1n) is 2.37. The highest BCUT2D eigenvalue weighted by Crippen LogP contribution is 2.25. The monoisotopic (exact) mass is 333 g/mol. The molecule has 0 aromatic rings. The molecule has 0 amide bonds. The minimum atomic E-state index is 0.338. The molecule has 0 spiro atoms. The van der Waals surface area contributed by atoms with Gasteiger partial charge < -0.3 is 4.74 Å². The molecule has 0 saturated heterocycles. The predicted octanol–water partition coefficient (Wildman–Crippen LogP) is 2.81. The highest BCUT2D eigenvalue weighted by atomic mass is 79.9. The van der Waals surface area contributed by atoms with Gasteiger partial charge in [-0.2, -0.15) is 0 Å². The van der Waals surface area contributed by atoms with Gasteiger partial charge in [-0.05, 0) is 31.9 Å². The minimum Gasteiger partial charge on any atom is -0.457 e. The molecule has 0 bridgehead atoms. The van der Waals surface area contributed by atoms with E-state index < -0.39 is 0 Å². The van der Waals surface area contributed by atoms with Crippen molar-refractivity contribution in [1.82, 2.24) is 0 Å². The summed E-state index contributed by atoms with van der Waals surface area (Å²) in [7, 11) is 0. The number of ether oxygens (including phenoxy) is 1. The quantitative estimate of drug-likeness (QED) is 0.738. The molecule has 0 rings (SSSR count). The molecule has 57 valence electrons. The fraction of sp³-hybridized carbons (Fsp3) is 0.400. The van der Waals surface area contributed by atoms with Crippen molar-refractivity contribution in [2.75, 3.05) is 6.61 Å². The Labute approximate surface area is 84.4 Å². The molecule has 0 atom stereocenters. The Morgan fingerprint density at radius 3 is 2.40 bits per heavy atom. The van der Waals surface area contributed by atoms with Gasteiger partial charge >= 0.3 is 6.47 Å². The van der Waals surface area contributed by atoms with Gasteiger partial charge in [0.15, 0.2) is 0 Å². The average Bonchev–Trinajstić information content (AvgIpc) is 1.88. The van der Waals surface area contributed by atoms with Crippen LogP contribution in [0.15, 0.2) is 7.87 Å². The van der Waals surface area contributed by atoms with E-state index in [4.69, 9.17) is 0 Å². The predicted molar refractivity (Wildman–Crippen MR) is 50.1 cm³/mol. The largest absolute Gasteiger partial charge is 0.457 e. The zero-order chi connectivity index (χ0) is 7.98. The second kappa shape index (κ2) is 6.37. The Morgan fingerprint density at radius 2 is 2.00 bits per heavy atom. The first kappa shape index (κ1) is 10.7. The zero-order valence-corrected chi connectivity index (χ0v) is 9.62. The Morgan fingerprint density at radius 1 is 1.40 bits per heavy atom. The third-order valence-electron chi connectivity index (χ3n) is 0.688. The second-order valence-electron chi connectivity index (χ2n) is 1.35. The van der Waals surface area contributed by atoms with Gasteiger partial charge in [-0.15, -0.1) is 0 Å². The summed E-state index contributed by atoms with van der Waals surface area (Å²) in [5.41, 5.74) is 0. The van der Waals surface area contributed by atoms with Gasteiger partial charge in [0.05, 0.1) is 10.00 Å². The summed E-state index contributed by atoms with van der Waals surface area (Å²) in [6, 6.07) is 0. The summed E-state index contributed by atoms with van der Waals surface area (Å²) < 4.78 is 6.09. The van der Waals surface area contributed by atoms with Gasteiger partial charge in [-0.3, -0.25) is 0 Å². The SMILES string of the molecule is O=[C]OCCC(Br)=C(Br)Br. The van der Waals surface area contributed by atoms with Crippen LogP contribution in [-0.2, 0) is 9.53 Å². The molecule has 5 heteroatoms. The first-order valence-corrected chi connectivity index (χ1v) is 4.75. The Balaban J connectivity index is 3.49. The van der Waals surface area contributed by atoms with E-state index in [9.17, 15) is 4.79 Å². The van der Waals surface area contributed by atoms with E-state index in [0.717, 1.165) is 7.87 Å². The van der Waals surface area contributed by atoms with Crippen LogP contribution in [0.2, 0.25) is 0 Å². The molecule has 0 aliphatic rings. The van der Waals surface area contributed by atoms with Gasteiger partial charge in [-0.1, -0.05) is 15.9 Å². The zero-order valence-electron chi connectivity index (χ0n) is 4.86. The maximum Gasteiger partial charge on any atom is 0.417 e. The standard InChI is InChI=1S/C5H4Br3O2/c6-4(5(7)8)1-2-10-3-9/h1-2H2. The van der Waals surface area contributed by atoms with E-state index in [1.165, 1.54) is 6.47 Å². The maximum atomic E-state index is 9.55. The lowest BCUT2D eigenvalue weighted by Crippen LogP contribution is -1.90. The molecule has 0 N–H and O–H groups in total. The van der Waals surface area contributed by atoms with Crippen molar-refractivity contribution in [1.29, 1.82) is 0 Å². The smallest absolute Gasteiger partial charge is 0.417 e. The lowest BCUT2D eigenvalue weighted by atomic mass is 10.5. The number of rotatable bonds is 4. The van der Waals surface area contributed by atoms with Crippen molar-refractivity contribution in [3.63, 3.8) is 0 Å². The van der Waals surface area contributed by atoms with E-state index in [0.29, 0.717) is 13.0 Å². The van der Waals surface area contributed by atoms with Crippen molar-refractivity contribution in [2.45, 2.75) is 6.42 Å². The van der Waals surface area contributed by atoms with E-state index in [-0.39, 0.29) is 0 Å². The highest BCUT2D eigenvalue weighted by Gasteiger charge is 1.96. The van der Waals surface area contributed by atoms with Crippen LogP contribution in [0.4, 0.5) is 0 Å². The first-order chi connectivity index (χ1) is 4.68. The average molecular weight is 336 g/mol. The fourth-order valence-electron chi connectivity index (χ4n) is 0.277. The van der Waals surface area contributed by atoms with E-state index in [1.54, 1.807) is 0 Å². The van der Waals surface area contributed by atoms with Gasteiger partial charge in [0.25, 0.3) is 0 Å². The van der Waals surface area contributed by atoms with E-state index in [2.05, 4.69) is 52.5 Å². The Bertz CT molecular complexity index is 140. The second-order valence-corrected chi connectivity index (χ2v) is 4.95. The molecule has 0 heterocycles. The van der Waals surface area contributed by atoms with Crippen molar-refractivity contribution in [3.8, 4) is 0 Å². The van der Waals surface area contributed by atoms with Crippen LogP contribution in [0.5, 0.6) is 0 Å². The molecule has 1 radical (unpaired) electrons. The molecule has 0 aliphatic carbocycles. The lowest BCUT2D eigenvalue weighted by molar-refractivity contribution is 0.283. The molecule has 0 unspecified atom stereocenters. The molecule has 2 nitrogen and oxygen atoms in total. The summed E-state index contributed by atoms with van der Waals surface area (Å²) in [6.45, 7) is 1.68. The van der Waals surface area contributed by atoms with Crippen LogP contribution in [0, 0.1) is 0 Å². The summed E-state index contributed by atoms with van der Waals surface area (Å²) in [5, 5.41) is 0. The number of carbonyl (C=O) groups excluding carboxylic acids is 1. The Kier molecular flexibility index (Phi) is 6.78. The molecule has 10 heavy (non-hydrogen) atoms. The Hall–Kier alpha value is 0.650. The van der Waals surface area contributed by atoms with Gasteiger partial charge in [0, 0.05) is 10.9 Å². The van der Waals surface area contributed by atoms with Gasteiger partial charge in [0.1, 0.15) is 0 Å². The van der Waals surface area contributed by atoms with Crippen molar-refractivity contribution in [3.05, 3.63) is 7.87 Å². The van der Waals surface area contributed by atoms with Crippen LogP contribution < -0.4 is 0 Å². The topological polar surface area (TPSA) is 26.3 Å². The molecule has 0 saturated carbocycles. The molecule has 0 fully saturated rings. The van der Waals surface area contributed by atoms with Gasteiger partial charge in [0.2, 0.25) is 0 Å². The summed E-state index contributed by atoms with van der Waals surface area (Å²) in [6.07, 6.45) is 0.640. The molecular formula is C5H4Br3O2. The van der Waals surface area contributed by atoms with Crippen molar-refractivity contribution >= 4 is 54.3 Å². The van der Waals surface area contributed by atoms with Crippen LogP contribution in [-0.4, -0.2) is 13.1 Å². The minimum absolute atomic E-state index is 0.338. The van der Waals surface area contributed by atoms with E-state index in [1.807, 2.05) is 0 Å². The van der Waals surface area contributed by atoms with Crippen LogP contribution >= 0.6 is 47.8 Å². The molecule has 0 aliphatic heterocycles. The normalized spacial score (nSPS) is 8.70. The summed E-state index contributed by atoms with van der Waals surface area (Å²) in [4.78, 5) is 9.55. The molecule has 0 aromatic heterocycles. The summed E-state index contributed by atoms with van der Waals surface area (Å²) in [5.74, 6) is 0. The summed E-state index contributed by atoms with van der Waals surface area (Å²) >= 11 is 9.62. The van der Waals surface area contributed by atoms with Crippen LogP contribution in [0.1, 0.15) is 6.42 Å². The van der Waals surface area contributed by atoms with Crippen molar-refractivity contribution < 1.29 is 9.53 Å². The van der Waals surface area contributed by atoms with Crippen LogP contribution in [0.25, 0.3) is 0 Å². The van der Waals surface area contributed by atoms with Crippen molar-refractivity contribution in [2.24, 2.45) is 0 Å². The van der Waals surface area contributed by atoms with Gasteiger partial charge in [-0.25, -0.2) is 4.79 Å². The number of hydrogen-bond acceptors (Lipinski definition) is 2. The number of halogens is 3.